The molecule has 0 saturated carbocycles. The Morgan fingerprint density at radius 2 is 1.52 bits per heavy atom. The van der Waals surface area contributed by atoms with Crippen LogP contribution >= 0.6 is 0 Å². The van der Waals surface area contributed by atoms with Crippen molar-refractivity contribution in [2.45, 2.75) is 0 Å². The molecule has 0 unspecified atom stereocenters. The van der Waals surface area contributed by atoms with Gasteiger partial charge in [0.1, 0.15) is 5.75 Å². The number of hydrogen-bond donors (Lipinski definition) is 0. The second kappa shape index (κ2) is 7.96. The van der Waals surface area contributed by atoms with E-state index in [2.05, 4.69) is 49.0 Å². The zero-order valence-corrected chi connectivity index (χ0v) is 16.1. The van der Waals surface area contributed by atoms with E-state index in [4.69, 9.17) is 9.72 Å². The van der Waals surface area contributed by atoms with E-state index in [1.54, 1.807) is 13.3 Å². The Balaban J connectivity index is 1.42. The van der Waals surface area contributed by atoms with Gasteiger partial charge in [-0.05, 0) is 19.2 Å². The van der Waals surface area contributed by atoms with Gasteiger partial charge in [-0.15, -0.1) is 5.10 Å². The molecule has 2 fully saturated rings. The minimum Gasteiger partial charge on any atom is -0.495 e. The third kappa shape index (κ3) is 3.90. The van der Waals surface area contributed by atoms with Crippen molar-refractivity contribution in [2.24, 2.45) is 0 Å². The van der Waals surface area contributed by atoms with Crippen molar-refractivity contribution in [2.75, 3.05) is 81.2 Å². The molecule has 0 atom stereocenters. The van der Waals surface area contributed by atoms with Crippen LogP contribution in [0.15, 0.2) is 30.5 Å². The van der Waals surface area contributed by atoms with E-state index in [1.165, 1.54) is 0 Å². The maximum absolute atomic E-state index is 5.51. The van der Waals surface area contributed by atoms with E-state index >= 15 is 0 Å². The largest absolute Gasteiger partial charge is 0.495 e. The smallest absolute Gasteiger partial charge is 0.247 e. The highest BCUT2D eigenvalue weighted by Crippen LogP contribution is 2.29. The summed E-state index contributed by atoms with van der Waals surface area (Å²) in [5.74, 6) is 2.58. The summed E-state index contributed by atoms with van der Waals surface area (Å²) in [7, 11) is 3.87. The summed E-state index contributed by atoms with van der Waals surface area (Å²) in [6, 6.07) is 8.19. The van der Waals surface area contributed by atoms with Gasteiger partial charge < -0.3 is 24.3 Å². The van der Waals surface area contributed by atoms with Crippen LogP contribution in [0, 0.1) is 0 Å². The Morgan fingerprint density at radius 3 is 2.26 bits per heavy atom. The molecule has 3 heterocycles. The van der Waals surface area contributed by atoms with Gasteiger partial charge in [0, 0.05) is 52.4 Å². The Kier molecular flexibility index (Phi) is 5.24. The highest BCUT2D eigenvalue weighted by atomic mass is 16.5. The second-order valence-electron chi connectivity index (χ2n) is 7.05. The molecule has 0 radical (unpaired) electrons. The standard InChI is InChI=1S/C19H27N7O/c1-23-7-9-26(10-8-23)19-21-18(15-20-22-19)25-13-11-24(12-14-25)16-5-3-4-6-17(16)27-2/h3-6,15H,7-14H2,1-2H3. The first kappa shape index (κ1) is 17.8. The zero-order valence-electron chi connectivity index (χ0n) is 16.1. The summed E-state index contributed by atoms with van der Waals surface area (Å²) in [6.07, 6.45) is 1.78. The Labute approximate surface area is 160 Å². The van der Waals surface area contributed by atoms with Gasteiger partial charge in [0.25, 0.3) is 0 Å². The van der Waals surface area contributed by atoms with Crippen LogP contribution in [0.3, 0.4) is 0 Å². The molecule has 0 aliphatic carbocycles. The number of anilines is 3. The van der Waals surface area contributed by atoms with E-state index < -0.39 is 0 Å². The van der Waals surface area contributed by atoms with E-state index in [1.807, 2.05) is 12.1 Å². The second-order valence-corrected chi connectivity index (χ2v) is 7.05. The fourth-order valence-electron chi connectivity index (χ4n) is 3.65. The first-order valence-electron chi connectivity index (χ1n) is 9.51. The number of nitrogens with zero attached hydrogens (tertiary/aromatic N) is 7. The van der Waals surface area contributed by atoms with Crippen molar-refractivity contribution >= 4 is 17.5 Å². The molecule has 0 bridgehead atoms. The average molecular weight is 369 g/mol. The van der Waals surface area contributed by atoms with Crippen molar-refractivity contribution in [1.29, 1.82) is 0 Å². The van der Waals surface area contributed by atoms with Gasteiger partial charge in [-0.2, -0.15) is 10.1 Å². The molecule has 4 rings (SSSR count). The number of ether oxygens (including phenoxy) is 1. The number of methoxy groups -OCH3 is 1. The molecule has 0 N–H and O–H groups in total. The minimum atomic E-state index is 0.743. The summed E-state index contributed by atoms with van der Waals surface area (Å²) in [5.41, 5.74) is 1.15. The number of para-hydroxylation sites is 2. The molecule has 2 aromatic rings. The number of aromatic nitrogens is 3. The number of benzene rings is 1. The summed E-state index contributed by atoms with van der Waals surface area (Å²) in [4.78, 5) is 14.0. The topological polar surface area (TPSA) is 60.9 Å². The molecule has 0 spiro atoms. The third-order valence-electron chi connectivity index (χ3n) is 5.35. The molecule has 2 saturated heterocycles. The molecule has 1 aromatic heterocycles. The van der Waals surface area contributed by atoms with Crippen LogP contribution in [0.1, 0.15) is 0 Å². The van der Waals surface area contributed by atoms with Crippen molar-refractivity contribution in [3.05, 3.63) is 30.5 Å². The van der Waals surface area contributed by atoms with Crippen molar-refractivity contribution < 1.29 is 4.74 Å². The van der Waals surface area contributed by atoms with Gasteiger partial charge in [0.2, 0.25) is 5.95 Å². The van der Waals surface area contributed by atoms with Crippen LogP contribution in [0.5, 0.6) is 5.75 Å². The van der Waals surface area contributed by atoms with Crippen LogP contribution in [0.25, 0.3) is 0 Å². The quantitative estimate of drug-likeness (QED) is 0.790. The molecular weight excluding hydrogens is 342 g/mol. The van der Waals surface area contributed by atoms with Crippen molar-refractivity contribution in [3.63, 3.8) is 0 Å². The predicted molar refractivity (Wildman–Crippen MR) is 107 cm³/mol. The summed E-state index contributed by atoms with van der Waals surface area (Å²) in [5, 5.41) is 8.48. The molecule has 2 aliphatic rings. The number of piperazine rings is 2. The molecule has 0 amide bonds. The van der Waals surface area contributed by atoms with Gasteiger partial charge in [-0.25, -0.2) is 0 Å². The number of rotatable bonds is 4. The lowest BCUT2D eigenvalue weighted by Crippen LogP contribution is -2.47. The zero-order chi connectivity index (χ0) is 18.6. The van der Waals surface area contributed by atoms with Gasteiger partial charge in [-0.1, -0.05) is 12.1 Å². The molecule has 144 valence electrons. The summed E-state index contributed by atoms with van der Waals surface area (Å²) < 4.78 is 5.51. The Hall–Kier alpha value is -2.61. The van der Waals surface area contributed by atoms with Crippen molar-refractivity contribution in [1.82, 2.24) is 20.1 Å². The maximum Gasteiger partial charge on any atom is 0.247 e. The molecular formula is C19H27N7O. The molecule has 2 aliphatic heterocycles. The molecule has 27 heavy (non-hydrogen) atoms. The SMILES string of the molecule is COc1ccccc1N1CCN(c2cnnc(N3CCN(C)CC3)n2)CC1. The van der Waals surface area contributed by atoms with Gasteiger partial charge in [0.15, 0.2) is 5.82 Å². The third-order valence-corrected chi connectivity index (χ3v) is 5.35. The maximum atomic E-state index is 5.51. The van der Waals surface area contributed by atoms with Gasteiger partial charge >= 0.3 is 0 Å². The fraction of sp³-hybridized carbons (Fsp3) is 0.526. The van der Waals surface area contributed by atoms with Crippen molar-refractivity contribution in [3.8, 4) is 5.75 Å². The van der Waals surface area contributed by atoms with E-state index in [9.17, 15) is 0 Å². The van der Waals surface area contributed by atoms with Crippen LogP contribution < -0.4 is 19.4 Å². The first-order valence-corrected chi connectivity index (χ1v) is 9.51. The first-order chi connectivity index (χ1) is 13.2. The Bertz CT molecular complexity index is 755. The lowest BCUT2D eigenvalue weighted by Gasteiger charge is -2.37. The lowest BCUT2D eigenvalue weighted by atomic mass is 10.2. The van der Waals surface area contributed by atoms with E-state index in [0.717, 1.165) is 75.6 Å². The van der Waals surface area contributed by atoms with Gasteiger partial charge in [0.05, 0.1) is 19.0 Å². The number of hydrogen-bond acceptors (Lipinski definition) is 8. The van der Waals surface area contributed by atoms with Crippen LogP contribution in [0.2, 0.25) is 0 Å². The normalized spacial score (nSPS) is 18.7. The van der Waals surface area contributed by atoms with Gasteiger partial charge in [-0.3, -0.25) is 0 Å². The minimum absolute atomic E-state index is 0.743. The lowest BCUT2D eigenvalue weighted by molar-refractivity contribution is 0.311. The van der Waals surface area contributed by atoms with E-state index in [-0.39, 0.29) is 0 Å². The molecule has 1 aromatic carbocycles. The van der Waals surface area contributed by atoms with E-state index in [0.29, 0.717) is 0 Å². The molecule has 8 nitrogen and oxygen atoms in total. The van der Waals surface area contributed by atoms with Crippen LogP contribution in [0.4, 0.5) is 17.5 Å². The fourth-order valence-corrected chi connectivity index (χ4v) is 3.65. The summed E-state index contributed by atoms with van der Waals surface area (Å²) in [6.45, 7) is 7.61. The highest BCUT2D eigenvalue weighted by molar-refractivity contribution is 5.59. The van der Waals surface area contributed by atoms with Crippen LogP contribution in [-0.2, 0) is 0 Å². The Morgan fingerprint density at radius 1 is 0.852 bits per heavy atom. The molecule has 8 heteroatoms. The summed E-state index contributed by atoms with van der Waals surface area (Å²) >= 11 is 0. The number of likely N-dealkylation sites (N-methyl/N-ethyl adjacent to an activating group) is 1. The monoisotopic (exact) mass is 369 g/mol. The average Bonchev–Trinajstić information content (AvgIpc) is 2.74. The van der Waals surface area contributed by atoms with Crippen LogP contribution in [-0.4, -0.2) is 86.6 Å². The highest BCUT2D eigenvalue weighted by Gasteiger charge is 2.22. The predicted octanol–water partition coefficient (Wildman–Crippen LogP) is 0.959.